The van der Waals surface area contributed by atoms with Gasteiger partial charge in [-0.1, -0.05) is 29.8 Å². The first-order valence-electron chi connectivity index (χ1n) is 8.19. The van der Waals surface area contributed by atoms with Crippen LogP contribution in [0.1, 0.15) is 16.8 Å². The van der Waals surface area contributed by atoms with Gasteiger partial charge in [-0.15, -0.1) is 0 Å². The molecule has 2 bridgehead atoms. The van der Waals surface area contributed by atoms with E-state index in [4.69, 9.17) is 11.6 Å². The topological polar surface area (TPSA) is 66.5 Å². The minimum Gasteiger partial charge on any atom is -0.272 e. The molecular formula is C18H15ClN2O3. The highest BCUT2D eigenvalue weighted by Crippen LogP contribution is 2.65. The average Bonchev–Trinajstić information content (AvgIpc) is 3.36. The first kappa shape index (κ1) is 14.2. The predicted octanol–water partition coefficient (Wildman–Crippen LogP) is 2.04. The summed E-state index contributed by atoms with van der Waals surface area (Å²) >= 11 is 5.89. The standard InChI is InChI=1S/C18H15ClN2O3/c19-9-3-1-2-8(6-9)16(22)20-21-17(23)14-10-4-5-11(13-7-12(10)13)15(14)18(21)24/h1-6,10-15H,7H2,(H,20,22)/t10-,11-,12-,13+,14+,15-/m1/s1. The number of carbonyl (C=O) groups excluding carboxylic acids is 3. The highest BCUT2D eigenvalue weighted by molar-refractivity contribution is 6.31. The van der Waals surface area contributed by atoms with Crippen LogP contribution in [0, 0.1) is 35.5 Å². The Morgan fingerprint density at radius 3 is 2.29 bits per heavy atom. The van der Waals surface area contributed by atoms with Gasteiger partial charge in [-0.05, 0) is 48.3 Å². The van der Waals surface area contributed by atoms with E-state index in [9.17, 15) is 14.4 Å². The van der Waals surface area contributed by atoms with Gasteiger partial charge in [0.25, 0.3) is 17.7 Å². The van der Waals surface area contributed by atoms with E-state index >= 15 is 0 Å². The molecule has 0 radical (unpaired) electrons. The lowest BCUT2D eigenvalue weighted by Crippen LogP contribution is -2.46. The van der Waals surface area contributed by atoms with Crippen LogP contribution in [0.25, 0.3) is 0 Å². The SMILES string of the molecule is O=C(NN1C(=O)[C@@H]2[C@@H]3C=C[C@H]([C@H]4C[C@@H]34)[C@@H]2C1=O)c1cccc(Cl)c1. The summed E-state index contributed by atoms with van der Waals surface area (Å²) in [5, 5.41) is 1.37. The summed E-state index contributed by atoms with van der Waals surface area (Å²) in [5.41, 5.74) is 2.81. The molecule has 1 aromatic rings. The molecule has 5 aliphatic rings. The van der Waals surface area contributed by atoms with Gasteiger partial charge in [0.05, 0.1) is 11.8 Å². The summed E-state index contributed by atoms with van der Waals surface area (Å²) in [6, 6.07) is 6.42. The van der Waals surface area contributed by atoms with Crippen LogP contribution in [-0.4, -0.2) is 22.7 Å². The fourth-order valence-corrected chi connectivity index (χ4v) is 5.05. The molecular weight excluding hydrogens is 328 g/mol. The summed E-state index contributed by atoms with van der Waals surface area (Å²) in [5.74, 6) is -0.280. The average molecular weight is 343 g/mol. The zero-order valence-corrected chi connectivity index (χ0v) is 13.4. The zero-order valence-electron chi connectivity index (χ0n) is 12.7. The maximum absolute atomic E-state index is 12.8. The van der Waals surface area contributed by atoms with Crippen molar-refractivity contribution in [1.82, 2.24) is 10.4 Å². The molecule has 6 heteroatoms. The molecule has 6 rings (SSSR count). The van der Waals surface area contributed by atoms with E-state index in [0.29, 0.717) is 22.4 Å². The molecule has 0 spiro atoms. The number of imide groups is 1. The Balaban J connectivity index is 1.41. The Morgan fingerprint density at radius 2 is 1.71 bits per heavy atom. The number of halogens is 1. The Hall–Kier alpha value is -2.14. The largest absolute Gasteiger partial charge is 0.272 e. The van der Waals surface area contributed by atoms with E-state index < -0.39 is 5.91 Å². The Morgan fingerprint density at radius 1 is 1.08 bits per heavy atom. The van der Waals surface area contributed by atoms with Crippen molar-refractivity contribution in [1.29, 1.82) is 0 Å². The maximum Gasteiger partial charge on any atom is 0.270 e. The van der Waals surface area contributed by atoms with E-state index in [-0.39, 0.29) is 35.5 Å². The van der Waals surface area contributed by atoms with Crippen LogP contribution in [0.3, 0.4) is 0 Å². The van der Waals surface area contributed by atoms with Crippen molar-refractivity contribution in [3.05, 3.63) is 47.0 Å². The van der Waals surface area contributed by atoms with Crippen molar-refractivity contribution in [2.24, 2.45) is 35.5 Å². The van der Waals surface area contributed by atoms with E-state index in [1.54, 1.807) is 18.2 Å². The Bertz CT molecular complexity index is 784. The fraction of sp³-hybridized carbons (Fsp3) is 0.389. The second-order valence-electron chi connectivity index (χ2n) is 7.12. The minimum absolute atomic E-state index is 0.148. The van der Waals surface area contributed by atoms with Crippen molar-refractivity contribution in [3.8, 4) is 0 Å². The molecule has 4 aliphatic carbocycles. The maximum atomic E-state index is 12.8. The number of hydrogen-bond donors (Lipinski definition) is 1. The molecule has 6 atom stereocenters. The summed E-state index contributed by atoms with van der Waals surface area (Å²) in [7, 11) is 0. The van der Waals surface area contributed by atoms with Crippen LogP contribution in [-0.2, 0) is 9.59 Å². The molecule has 1 N–H and O–H groups in total. The van der Waals surface area contributed by atoms with Crippen LogP contribution in [0.2, 0.25) is 5.02 Å². The van der Waals surface area contributed by atoms with Crippen molar-refractivity contribution in [2.45, 2.75) is 6.42 Å². The first-order valence-corrected chi connectivity index (χ1v) is 8.57. The second kappa shape index (κ2) is 4.70. The van der Waals surface area contributed by atoms with Crippen LogP contribution >= 0.6 is 11.6 Å². The van der Waals surface area contributed by atoms with Gasteiger partial charge >= 0.3 is 0 Å². The van der Waals surface area contributed by atoms with E-state index in [2.05, 4.69) is 17.6 Å². The van der Waals surface area contributed by atoms with E-state index in [1.165, 1.54) is 6.07 Å². The smallest absolute Gasteiger partial charge is 0.270 e. The van der Waals surface area contributed by atoms with Crippen LogP contribution in [0.4, 0.5) is 0 Å². The zero-order chi connectivity index (χ0) is 16.6. The number of rotatable bonds is 2. The van der Waals surface area contributed by atoms with Gasteiger partial charge in [0.15, 0.2) is 0 Å². The van der Waals surface area contributed by atoms with Gasteiger partial charge in [0, 0.05) is 10.6 Å². The van der Waals surface area contributed by atoms with Crippen LogP contribution in [0.15, 0.2) is 36.4 Å². The number of amides is 3. The van der Waals surface area contributed by atoms with Crippen LogP contribution < -0.4 is 5.43 Å². The number of hydrazine groups is 1. The highest BCUT2D eigenvalue weighted by atomic mass is 35.5. The van der Waals surface area contributed by atoms with Gasteiger partial charge in [0.1, 0.15) is 0 Å². The molecule has 1 aromatic carbocycles. The third kappa shape index (κ3) is 1.79. The molecule has 5 nitrogen and oxygen atoms in total. The molecule has 1 aliphatic heterocycles. The molecule has 122 valence electrons. The van der Waals surface area contributed by atoms with Crippen molar-refractivity contribution in [3.63, 3.8) is 0 Å². The van der Waals surface area contributed by atoms with Gasteiger partial charge in [-0.25, -0.2) is 0 Å². The van der Waals surface area contributed by atoms with Gasteiger partial charge in [0.2, 0.25) is 0 Å². The summed E-state index contributed by atoms with van der Waals surface area (Å²) in [4.78, 5) is 37.9. The van der Waals surface area contributed by atoms with Gasteiger partial charge < -0.3 is 0 Å². The summed E-state index contributed by atoms with van der Waals surface area (Å²) < 4.78 is 0. The number of allylic oxidation sites excluding steroid dienone is 2. The third-order valence-corrected chi connectivity index (χ3v) is 6.20. The Labute approximate surface area is 143 Å². The monoisotopic (exact) mass is 342 g/mol. The number of hydrogen-bond acceptors (Lipinski definition) is 3. The lowest BCUT2D eigenvalue weighted by molar-refractivity contribution is -0.143. The number of nitrogens with one attached hydrogen (secondary N) is 1. The van der Waals surface area contributed by atoms with Gasteiger partial charge in [-0.2, -0.15) is 5.01 Å². The molecule has 2 saturated carbocycles. The number of benzene rings is 1. The van der Waals surface area contributed by atoms with Gasteiger partial charge in [-0.3, -0.25) is 19.8 Å². The molecule has 3 fully saturated rings. The number of nitrogens with zero attached hydrogens (tertiary/aromatic N) is 1. The second-order valence-corrected chi connectivity index (χ2v) is 7.55. The predicted molar refractivity (Wildman–Crippen MR) is 85.5 cm³/mol. The molecule has 0 unspecified atom stereocenters. The van der Waals surface area contributed by atoms with Crippen molar-refractivity contribution >= 4 is 29.3 Å². The third-order valence-electron chi connectivity index (χ3n) is 5.96. The Kier molecular flexibility index (Phi) is 2.78. The highest BCUT2D eigenvalue weighted by Gasteiger charge is 2.67. The quantitative estimate of drug-likeness (QED) is 0.660. The molecule has 0 aromatic heterocycles. The summed E-state index contributed by atoms with van der Waals surface area (Å²) in [6.07, 6.45) is 5.33. The molecule has 1 saturated heterocycles. The van der Waals surface area contributed by atoms with E-state index in [1.807, 2.05) is 0 Å². The fourth-order valence-electron chi connectivity index (χ4n) is 4.86. The van der Waals surface area contributed by atoms with E-state index in [0.717, 1.165) is 11.4 Å². The summed E-state index contributed by atoms with van der Waals surface area (Å²) in [6.45, 7) is 0. The van der Waals surface area contributed by atoms with Crippen LogP contribution in [0.5, 0.6) is 0 Å². The molecule has 3 amide bonds. The van der Waals surface area contributed by atoms with Crippen molar-refractivity contribution in [2.75, 3.05) is 0 Å². The first-order chi connectivity index (χ1) is 11.6. The minimum atomic E-state index is -0.497. The lowest BCUT2D eigenvalue weighted by atomic mass is 9.63. The number of carbonyl (C=O) groups is 3. The normalized spacial score (nSPS) is 38.1. The molecule has 1 heterocycles. The molecule has 24 heavy (non-hydrogen) atoms. The lowest BCUT2D eigenvalue weighted by Gasteiger charge is -2.37. The van der Waals surface area contributed by atoms with Crippen molar-refractivity contribution < 1.29 is 14.4 Å².